The molecule has 120 valence electrons. The van der Waals surface area contributed by atoms with Gasteiger partial charge in [-0.1, -0.05) is 32.0 Å². The second kappa shape index (κ2) is 8.13. The van der Waals surface area contributed by atoms with Crippen molar-refractivity contribution >= 4 is 12.2 Å². The van der Waals surface area contributed by atoms with Gasteiger partial charge in [0.25, 0.3) is 5.91 Å². The zero-order valence-electron chi connectivity index (χ0n) is 13.4. The molecule has 0 spiro atoms. The molecular formula is C19H21NO3. The fourth-order valence-corrected chi connectivity index (χ4v) is 2.21. The highest BCUT2D eigenvalue weighted by Crippen LogP contribution is 2.21. The van der Waals surface area contributed by atoms with Crippen LogP contribution in [0.15, 0.2) is 54.6 Å². The molecule has 0 heterocycles. The molecule has 1 N–H and O–H groups in total. The number of aldehydes is 1. The summed E-state index contributed by atoms with van der Waals surface area (Å²) in [6.45, 7) is 4.02. The highest BCUT2D eigenvalue weighted by molar-refractivity contribution is 5.95. The first-order valence-electron chi connectivity index (χ1n) is 7.67. The van der Waals surface area contributed by atoms with Crippen LogP contribution in [0.3, 0.4) is 0 Å². The molecule has 0 aromatic heterocycles. The van der Waals surface area contributed by atoms with Crippen molar-refractivity contribution in [2.24, 2.45) is 5.92 Å². The molecule has 1 amide bonds. The Hall–Kier alpha value is -2.62. The van der Waals surface area contributed by atoms with Gasteiger partial charge in [0.1, 0.15) is 17.8 Å². The normalized spacial score (nSPS) is 11.8. The van der Waals surface area contributed by atoms with E-state index in [0.29, 0.717) is 23.7 Å². The van der Waals surface area contributed by atoms with Crippen molar-refractivity contribution in [2.45, 2.75) is 26.3 Å². The third-order valence-electron chi connectivity index (χ3n) is 3.30. The van der Waals surface area contributed by atoms with E-state index in [2.05, 4.69) is 5.32 Å². The fourth-order valence-electron chi connectivity index (χ4n) is 2.21. The Balaban J connectivity index is 1.98. The smallest absolute Gasteiger partial charge is 0.251 e. The van der Waals surface area contributed by atoms with Crippen LogP contribution in [0.4, 0.5) is 0 Å². The average Bonchev–Trinajstić information content (AvgIpc) is 2.55. The predicted octanol–water partition coefficient (Wildman–Crippen LogP) is 3.82. The summed E-state index contributed by atoms with van der Waals surface area (Å²) in [5.41, 5.74) is 0.501. The molecule has 4 heteroatoms. The largest absolute Gasteiger partial charge is 0.457 e. The standard InChI is InChI=1S/C19H21NO3/c1-14(2)12-16(13-21)20-19(22)15-8-10-18(11-9-15)23-17-6-4-3-5-7-17/h3-11,13-14,16H,12H2,1-2H3,(H,20,22). The first-order chi connectivity index (χ1) is 11.1. The third kappa shape index (κ3) is 5.25. The summed E-state index contributed by atoms with van der Waals surface area (Å²) >= 11 is 0. The van der Waals surface area contributed by atoms with Crippen molar-refractivity contribution in [3.05, 3.63) is 60.2 Å². The summed E-state index contributed by atoms with van der Waals surface area (Å²) in [6.07, 6.45) is 1.41. The van der Waals surface area contributed by atoms with Crippen LogP contribution in [-0.4, -0.2) is 18.2 Å². The van der Waals surface area contributed by atoms with Gasteiger partial charge in [0, 0.05) is 5.56 Å². The minimum absolute atomic E-state index is 0.256. The van der Waals surface area contributed by atoms with Crippen molar-refractivity contribution in [2.75, 3.05) is 0 Å². The Kier molecular flexibility index (Phi) is 5.92. The van der Waals surface area contributed by atoms with Crippen LogP contribution in [0.2, 0.25) is 0 Å². The van der Waals surface area contributed by atoms with Gasteiger partial charge in [-0.05, 0) is 48.7 Å². The molecular weight excluding hydrogens is 290 g/mol. The lowest BCUT2D eigenvalue weighted by molar-refractivity contribution is -0.109. The predicted molar refractivity (Wildman–Crippen MR) is 89.7 cm³/mol. The Labute approximate surface area is 136 Å². The van der Waals surface area contributed by atoms with Crippen LogP contribution in [0.25, 0.3) is 0 Å². The summed E-state index contributed by atoms with van der Waals surface area (Å²) in [5, 5.41) is 2.74. The van der Waals surface area contributed by atoms with Gasteiger partial charge >= 0.3 is 0 Å². The van der Waals surface area contributed by atoms with Gasteiger partial charge in [-0.3, -0.25) is 4.79 Å². The average molecular weight is 311 g/mol. The lowest BCUT2D eigenvalue weighted by Crippen LogP contribution is -2.36. The molecule has 0 bridgehead atoms. The van der Waals surface area contributed by atoms with E-state index in [4.69, 9.17) is 4.74 Å². The highest BCUT2D eigenvalue weighted by atomic mass is 16.5. The van der Waals surface area contributed by atoms with Crippen LogP contribution >= 0.6 is 0 Å². The lowest BCUT2D eigenvalue weighted by Gasteiger charge is -2.15. The van der Waals surface area contributed by atoms with Crippen LogP contribution in [0, 0.1) is 5.92 Å². The second-order valence-corrected chi connectivity index (χ2v) is 5.79. The minimum atomic E-state index is -0.456. The number of para-hydroxylation sites is 1. The Bertz CT molecular complexity index is 635. The molecule has 23 heavy (non-hydrogen) atoms. The van der Waals surface area contributed by atoms with Crippen molar-refractivity contribution in [1.82, 2.24) is 5.32 Å². The third-order valence-corrected chi connectivity index (χ3v) is 3.30. The van der Waals surface area contributed by atoms with E-state index in [-0.39, 0.29) is 5.91 Å². The van der Waals surface area contributed by atoms with E-state index in [0.717, 1.165) is 12.0 Å². The Morgan fingerprint density at radius 3 is 2.22 bits per heavy atom. The van der Waals surface area contributed by atoms with Crippen molar-refractivity contribution < 1.29 is 14.3 Å². The van der Waals surface area contributed by atoms with E-state index in [1.54, 1.807) is 24.3 Å². The molecule has 2 aromatic rings. The number of rotatable bonds is 7. The molecule has 0 aliphatic heterocycles. The molecule has 2 aromatic carbocycles. The fraction of sp³-hybridized carbons (Fsp3) is 0.263. The molecule has 4 nitrogen and oxygen atoms in total. The van der Waals surface area contributed by atoms with Gasteiger partial charge in [0.05, 0.1) is 6.04 Å². The SMILES string of the molecule is CC(C)CC(C=O)NC(=O)c1ccc(Oc2ccccc2)cc1. The van der Waals surface area contributed by atoms with E-state index in [1.807, 2.05) is 44.2 Å². The number of ether oxygens (including phenoxy) is 1. The van der Waals surface area contributed by atoms with Crippen LogP contribution in [-0.2, 0) is 4.79 Å². The molecule has 0 fully saturated rings. The van der Waals surface area contributed by atoms with E-state index < -0.39 is 6.04 Å². The van der Waals surface area contributed by atoms with Crippen LogP contribution < -0.4 is 10.1 Å². The summed E-state index contributed by atoms with van der Waals surface area (Å²) in [5.74, 6) is 1.48. The molecule has 0 aliphatic carbocycles. The number of hydrogen-bond acceptors (Lipinski definition) is 3. The molecule has 0 saturated carbocycles. The number of benzene rings is 2. The molecule has 0 aliphatic rings. The molecule has 1 unspecified atom stereocenters. The number of carbonyl (C=O) groups excluding carboxylic acids is 2. The van der Waals surface area contributed by atoms with Gasteiger partial charge in [-0.15, -0.1) is 0 Å². The zero-order valence-corrected chi connectivity index (χ0v) is 13.4. The van der Waals surface area contributed by atoms with Crippen molar-refractivity contribution in [3.8, 4) is 11.5 Å². The molecule has 2 rings (SSSR count). The maximum absolute atomic E-state index is 12.2. The van der Waals surface area contributed by atoms with E-state index in [1.165, 1.54) is 0 Å². The number of hydrogen-bond donors (Lipinski definition) is 1. The lowest BCUT2D eigenvalue weighted by atomic mass is 10.0. The maximum atomic E-state index is 12.2. The highest BCUT2D eigenvalue weighted by Gasteiger charge is 2.14. The Morgan fingerprint density at radius 2 is 1.65 bits per heavy atom. The van der Waals surface area contributed by atoms with E-state index in [9.17, 15) is 9.59 Å². The first-order valence-corrected chi connectivity index (χ1v) is 7.67. The number of amides is 1. The monoisotopic (exact) mass is 311 g/mol. The van der Waals surface area contributed by atoms with Crippen LogP contribution in [0.5, 0.6) is 11.5 Å². The van der Waals surface area contributed by atoms with Gasteiger partial charge in [0.2, 0.25) is 0 Å². The first kappa shape index (κ1) is 16.7. The maximum Gasteiger partial charge on any atom is 0.251 e. The molecule has 1 atom stereocenters. The summed E-state index contributed by atoms with van der Waals surface area (Å²) in [4.78, 5) is 23.2. The summed E-state index contributed by atoms with van der Waals surface area (Å²) in [6, 6.07) is 15.8. The molecule has 0 saturated heterocycles. The minimum Gasteiger partial charge on any atom is -0.457 e. The quantitative estimate of drug-likeness (QED) is 0.791. The summed E-state index contributed by atoms with van der Waals surface area (Å²) < 4.78 is 5.68. The molecule has 0 radical (unpaired) electrons. The second-order valence-electron chi connectivity index (χ2n) is 5.79. The van der Waals surface area contributed by atoms with Gasteiger partial charge in [0.15, 0.2) is 0 Å². The van der Waals surface area contributed by atoms with Crippen molar-refractivity contribution in [1.29, 1.82) is 0 Å². The van der Waals surface area contributed by atoms with Crippen molar-refractivity contribution in [3.63, 3.8) is 0 Å². The van der Waals surface area contributed by atoms with Gasteiger partial charge < -0.3 is 14.8 Å². The summed E-state index contributed by atoms with van der Waals surface area (Å²) in [7, 11) is 0. The zero-order chi connectivity index (χ0) is 16.7. The topological polar surface area (TPSA) is 55.4 Å². The number of carbonyl (C=O) groups is 2. The van der Waals surface area contributed by atoms with Gasteiger partial charge in [-0.25, -0.2) is 0 Å². The van der Waals surface area contributed by atoms with Crippen LogP contribution in [0.1, 0.15) is 30.6 Å². The van der Waals surface area contributed by atoms with E-state index >= 15 is 0 Å². The van der Waals surface area contributed by atoms with Gasteiger partial charge in [-0.2, -0.15) is 0 Å². The Morgan fingerprint density at radius 1 is 1.04 bits per heavy atom. The number of nitrogens with one attached hydrogen (secondary N) is 1.